The van der Waals surface area contributed by atoms with Crippen LogP contribution in [-0.2, 0) is 19.1 Å². The first-order chi connectivity index (χ1) is 13.8. The molecule has 0 saturated carbocycles. The molecule has 0 aliphatic rings. The third kappa shape index (κ3) is 6.83. The van der Waals surface area contributed by atoms with Gasteiger partial charge in [-0.3, -0.25) is 14.4 Å². The van der Waals surface area contributed by atoms with Gasteiger partial charge in [-0.2, -0.15) is 0 Å². The number of nitrogens with zero attached hydrogens (tertiary/aromatic N) is 1. The molecule has 0 spiro atoms. The van der Waals surface area contributed by atoms with Crippen molar-refractivity contribution in [2.75, 3.05) is 23.5 Å². The Morgan fingerprint density at radius 2 is 1.90 bits per heavy atom. The third-order valence-electron chi connectivity index (χ3n) is 3.74. The first-order valence-electron chi connectivity index (χ1n) is 8.79. The van der Waals surface area contributed by atoms with Gasteiger partial charge in [-0.15, -0.1) is 11.8 Å². The lowest BCUT2D eigenvalue weighted by molar-refractivity contribution is -0.150. The topological polar surface area (TPSA) is 120 Å². The zero-order valence-electron chi connectivity index (χ0n) is 16.6. The molecule has 2 aromatic rings. The van der Waals surface area contributed by atoms with Crippen molar-refractivity contribution in [3.8, 4) is 5.75 Å². The van der Waals surface area contributed by atoms with Gasteiger partial charge in [0.05, 0.1) is 23.8 Å². The van der Waals surface area contributed by atoms with Crippen molar-refractivity contribution in [1.82, 2.24) is 5.16 Å². The van der Waals surface area contributed by atoms with Gasteiger partial charge < -0.3 is 24.6 Å². The summed E-state index contributed by atoms with van der Waals surface area (Å²) >= 11 is 1.09. The summed E-state index contributed by atoms with van der Waals surface area (Å²) in [6.45, 7) is 4.83. The number of aromatic nitrogens is 1. The highest BCUT2D eigenvalue weighted by atomic mass is 32.2. The van der Waals surface area contributed by atoms with E-state index in [1.54, 1.807) is 44.2 Å². The number of methoxy groups -OCH3 is 1. The number of hydrogen-bond acceptors (Lipinski definition) is 8. The van der Waals surface area contributed by atoms with Crippen molar-refractivity contribution in [1.29, 1.82) is 0 Å². The van der Waals surface area contributed by atoms with E-state index in [4.69, 9.17) is 14.0 Å². The summed E-state index contributed by atoms with van der Waals surface area (Å²) in [5.41, 5.74) is 0.477. The number of benzene rings is 1. The Hall–Kier alpha value is -3.01. The molecule has 2 N–H and O–H groups in total. The fraction of sp³-hybridized carbons (Fsp3) is 0.368. The molecule has 9 nitrogen and oxygen atoms in total. The van der Waals surface area contributed by atoms with Gasteiger partial charge in [0.15, 0.2) is 11.9 Å². The van der Waals surface area contributed by atoms with Crippen LogP contribution in [0, 0.1) is 6.92 Å². The summed E-state index contributed by atoms with van der Waals surface area (Å²) in [5, 5.41) is 8.39. The minimum absolute atomic E-state index is 0.0846. The molecule has 0 unspecified atom stereocenters. The van der Waals surface area contributed by atoms with Gasteiger partial charge in [-0.25, -0.2) is 0 Å². The van der Waals surface area contributed by atoms with Gasteiger partial charge in [0.2, 0.25) is 5.91 Å². The number of para-hydroxylation sites is 2. The standard InChI is InChI=1S/C19H23N3O6S/c1-11-9-16(22-28-11)21-19(25)13(3)29-10-17(23)27-12(2)18(24)20-14-7-5-6-8-15(14)26-4/h5-9,12-13H,10H2,1-4H3,(H,20,24)(H,21,22,25)/t12-,13-/m0/s1. The molecule has 2 atom stereocenters. The summed E-state index contributed by atoms with van der Waals surface area (Å²) in [4.78, 5) is 36.3. The minimum Gasteiger partial charge on any atom is -0.495 e. The Morgan fingerprint density at radius 1 is 1.17 bits per heavy atom. The van der Waals surface area contributed by atoms with E-state index < -0.39 is 23.2 Å². The van der Waals surface area contributed by atoms with Crippen molar-refractivity contribution < 1.29 is 28.4 Å². The molecule has 0 fully saturated rings. The highest BCUT2D eigenvalue weighted by Crippen LogP contribution is 2.23. The minimum atomic E-state index is -1.00. The molecule has 10 heteroatoms. The summed E-state index contributed by atoms with van der Waals surface area (Å²) in [6, 6.07) is 8.49. The number of thioether (sulfide) groups is 1. The van der Waals surface area contributed by atoms with Crippen molar-refractivity contribution in [2.45, 2.75) is 32.1 Å². The molecule has 0 aliphatic heterocycles. The number of anilines is 2. The van der Waals surface area contributed by atoms with Gasteiger partial charge in [0.1, 0.15) is 11.5 Å². The number of aryl methyl sites for hydroxylation is 1. The Bertz CT molecular complexity index is 869. The van der Waals surface area contributed by atoms with Gasteiger partial charge in [0.25, 0.3) is 5.91 Å². The molecule has 156 valence electrons. The maximum absolute atomic E-state index is 12.2. The average molecular weight is 421 g/mol. The average Bonchev–Trinajstić information content (AvgIpc) is 3.10. The van der Waals surface area contributed by atoms with E-state index in [-0.39, 0.29) is 11.7 Å². The van der Waals surface area contributed by atoms with Crippen LogP contribution in [0.3, 0.4) is 0 Å². The molecule has 29 heavy (non-hydrogen) atoms. The second kappa shape index (κ2) is 10.5. The zero-order chi connectivity index (χ0) is 21.4. The molecule has 1 heterocycles. The number of rotatable bonds is 9. The Kier molecular flexibility index (Phi) is 8.08. The van der Waals surface area contributed by atoms with Crippen molar-refractivity contribution in [2.24, 2.45) is 0 Å². The van der Waals surface area contributed by atoms with E-state index in [1.165, 1.54) is 14.0 Å². The van der Waals surface area contributed by atoms with Crippen LogP contribution in [0.2, 0.25) is 0 Å². The predicted molar refractivity (Wildman–Crippen MR) is 109 cm³/mol. The molecule has 0 aliphatic carbocycles. The van der Waals surface area contributed by atoms with Crippen molar-refractivity contribution >= 4 is 41.1 Å². The summed E-state index contributed by atoms with van der Waals surface area (Å²) in [5.74, 6) is -0.114. The summed E-state index contributed by atoms with van der Waals surface area (Å²) < 4.78 is 15.2. The molecule has 0 saturated heterocycles. The first kappa shape index (κ1) is 22.3. The molecule has 1 aromatic heterocycles. The van der Waals surface area contributed by atoms with Crippen LogP contribution in [-0.4, -0.2) is 47.2 Å². The number of carbonyl (C=O) groups is 3. The van der Waals surface area contributed by atoms with Crippen LogP contribution < -0.4 is 15.4 Å². The van der Waals surface area contributed by atoms with Crippen molar-refractivity contribution in [3.63, 3.8) is 0 Å². The summed E-state index contributed by atoms with van der Waals surface area (Å²) in [7, 11) is 1.49. The van der Waals surface area contributed by atoms with E-state index in [9.17, 15) is 14.4 Å². The largest absolute Gasteiger partial charge is 0.495 e. The zero-order valence-corrected chi connectivity index (χ0v) is 17.4. The van der Waals surface area contributed by atoms with Gasteiger partial charge in [-0.1, -0.05) is 17.3 Å². The fourth-order valence-electron chi connectivity index (χ4n) is 2.19. The smallest absolute Gasteiger partial charge is 0.316 e. The van der Waals surface area contributed by atoms with E-state index >= 15 is 0 Å². The second-order valence-electron chi connectivity index (χ2n) is 6.09. The number of amides is 2. The number of nitrogens with one attached hydrogen (secondary N) is 2. The van der Waals surface area contributed by atoms with Crippen molar-refractivity contribution in [3.05, 3.63) is 36.1 Å². The van der Waals surface area contributed by atoms with Crippen LogP contribution in [0.4, 0.5) is 11.5 Å². The van der Waals surface area contributed by atoms with Crippen LogP contribution in [0.1, 0.15) is 19.6 Å². The normalized spacial score (nSPS) is 12.6. The van der Waals surface area contributed by atoms with Crippen LogP contribution in [0.25, 0.3) is 0 Å². The predicted octanol–water partition coefficient (Wildman–Crippen LogP) is 2.62. The molecular weight excluding hydrogens is 398 g/mol. The van der Waals surface area contributed by atoms with E-state index in [1.807, 2.05) is 0 Å². The Labute approximate surface area is 172 Å². The quantitative estimate of drug-likeness (QED) is 0.593. The number of hydrogen-bond donors (Lipinski definition) is 2. The maximum Gasteiger partial charge on any atom is 0.316 e. The van der Waals surface area contributed by atoms with Crippen LogP contribution >= 0.6 is 11.8 Å². The molecule has 2 rings (SSSR count). The lowest BCUT2D eigenvalue weighted by atomic mass is 10.2. The SMILES string of the molecule is COc1ccccc1NC(=O)[C@H](C)OC(=O)CS[C@@H](C)C(=O)Nc1cc(C)on1. The monoisotopic (exact) mass is 421 g/mol. The molecule has 2 amide bonds. The van der Waals surface area contributed by atoms with Crippen LogP contribution in [0.15, 0.2) is 34.9 Å². The number of esters is 1. The Balaban J connectivity index is 1.77. The van der Waals surface area contributed by atoms with Gasteiger partial charge in [0, 0.05) is 6.07 Å². The molecule has 0 radical (unpaired) electrons. The van der Waals surface area contributed by atoms with Crippen LogP contribution in [0.5, 0.6) is 5.75 Å². The number of carbonyl (C=O) groups excluding carboxylic acids is 3. The lowest BCUT2D eigenvalue weighted by Crippen LogP contribution is -2.31. The van der Waals surface area contributed by atoms with Gasteiger partial charge in [-0.05, 0) is 32.9 Å². The van der Waals surface area contributed by atoms with E-state index in [2.05, 4.69) is 15.8 Å². The third-order valence-corrected chi connectivity index (χ3v) is 4.86. The molecular formula is C19H23N3O6S. The highest BCUT2D eigenvalue weighted by molar-refractivity contribution is 8.01. The molecule has 1 aromatic carbocycles. The lowest BCUT2D eigenvalue weighted by Gasteiger charge is -2.15. The van der Waals surface area contributed by atoms with Gasteiger partial charge >= 0.3 is 5.97 Å². The van der Waals surface area contributed by atoms with E-state index in [0.717, 1.165) is 11.8 Å². The Morgan fingerprint density at radius 3 is 2.55 bits per heavy atom. The van der Waals surface area contributed by atoms with E-state index in [0.29, 0.717) is 23.0 Å². The second-order valence-corrected chi connectivity index (χ2v) is 7.42. The fourth-order valence-corrected chi connectivity index (χ4v) is 2.85. The summed E-state index contributed by atoms with van der Waals surface area (Å²) in [6.07, 6.45) is -1.00. The highest BCUT2D eigenvalue weighted by Gasteiger charge is 2.21. The number of ether oxygens (including phenoxy) is 2. The first-order valence-corrected chi connectivity index (χ1v) is 9.84. The maximum atomic E-state index is 12.2. The molecule has 0 bridgehead atoms.